The number of hydrogen-bond acceptors (Lipinski definition) is 3. The van der Waals surface area contributed by atoms with E-state index < -0.39 is 6.04 Å². The average molecular weight is 333 g/mol. The van der Waals surface area contributed by atoms with Gasteiger partial charge in [-0.25, -0.2) is 4.68 Å². The van der Waals surface area contributed by atoms with Crippen molar-refractivity contribution in [2.24, 2.45) is 0 Å². The molecule has 0 radical (unpaired) electrons. The lowest BCUT2D eigenvalue weighted by molar-refractivity contribution is -0.134. The molecule has 1 aromatic heterocycles. The molecule has 1 atom stereocenters. The molecule has 2 aromatic rings. The van der Waals surface area contributed by atoms with E-state index in [9.17, 15) is 9.59 Å². The molecule has 1 aliphatic rings. The van der Waals surface area contributed by atoms with E-state index in [2.05, 4.69) is 10.4 Å². The molecule has 0 aliphatic carbocycles. The van der Waals surface area contributed by atoms with Crippen LogP contribution in [0.25, 0.3) is 5.69 Å². The highest BCUT2D eigenvalue weighted by Crippen LogP contribution is 2.22. The van der Waals surface area contributed by atoms with Gasteiger partial charge in [-0.3, -0.25) is 9.59 Å². The van der Waals surface area contributed by atoms with Crippen molar-refractivity contribution in [1.82, 2.24) is 14.7 Å². The summed E-state index contributed by atoms with van der Waals surface area (Å²) in [4.78, 5) is 25.5. The van der Waals surface area contributed by atoms with Crippen molar-refractivity contribution in [3.63, 3.8) is 0 Å². The van der Waals surface area contributed by atoms with Gasteiger partial charge < -0.3 is 10.2 Å². The van der Waals surface area contributed by atoms with Crippen LogP contribution in [0, 0.1) is 0 Å². The van der Waals surface area contributed by atoms with Crippen LogP contribution < -0.4 is 5.32 Å². The number of nitrogens with one attached hydrogen (secondary N) is 1. The van der Waals surface area contributed by atoms with Crippen molar-refractivity contribution in [2.45, 2.75) is 25.8 Å². The Morgan fingerprint density at radius 2 is 2.13 bits per heavy atom. The van der Waals surface area contributed by atoms with E-state index in [4.69, 9.17) is 11.6 Å². The summed E-state index contributed by atoms with van der Waals surface area (Å²) in [5.74, 6) is -0.258. The molecule has 0 unspecified atom stereocenters. The van der Waals surface area contributed by atoms with E-state index in [0.717, 1.165) is 12.1 Å². The maximum Gasteiger partial charge on any atom is 0.247 e. The summed E-state index contributed by atoms with van der Waals surface area (Å²) in [7, 11) is 0. The van der Waals surface area contributed by atoms with E-state index in [-0.39, 0.29) is 11.8 Å². The average Bonchev–Trinajstić information content (AvgIpc) is 3.16. The van der Waals surface area contributed by atoms with Gasteiger partial charge in [0.1, 0.15) is 6.04 Å². The van der Waals surface area contributed by atoms with Gasteiger partial charge >= 0.3 is 0 Å². The molecule has 1 aromatic carbocycles. The molecule has 1 aliphatic heterocycles. The highest BCUT2D eigenvalue weighted by atomic mass is 35.5. The first kappa shape index (κ1) is 15.6. The summed E-state index contributed by atoms with van der Waals surface area (Å²) in [5.41, 5.74) is 1.31. The molecule has 1 N–H and O–H groups in total. The molecule has 1 fully saturated rings. The zero-order valence-electron chi connectivity index (χ0n) is 12.7. The van der Waals surface area contributed by atoms with Gasteiger partial charge in [-0.2, -0.15) is 5.10 Å². The number of likely N-dealkylation sites (tertiary alicyclic amines) is 1. The second-order valence-corrected chi connectivity index (χ2v) is 5.89. The Labute approximate surface area is 139 Å². The molecule has 2 heterocycles. The zero-order valence-corrected chi connectivity index (χ0v) is 13.5. The maximum absolute atomic E-state index is 12.4. The number of anilines is 1. The van der Waals surface area contributed by atoms with E-state index >= 15 is 0 Å². The minimum Gasteiger partial charge on any atom is -0.331 e. The number of halogens is 1. The van der Waals surface area contributed by atoms with Crippen molar-refractivity contribution in [2.75, 3.05) is 11.9 Å². The van der Waals surface area contributed by atoms with Crippen molar-refractivity contribution in [1.29, 1.82) is 0 Å². The second-order valence-electron chi connectivity index (χ2n) is 5.48. The van der Waals surface area contributed by atoms with Gasteiger partial charge in [0.15, 0.2) is 0 Å². The standard InChI is InChI=1S/C16H17ClN4O2/c1-11(22)20-8-4-7-15(20)16(23)19-12-9-18-21(10-12)14-6-3-2-5-13(14)17/h2-3,5-6,9-10,15H,4,7-8H2,1H3,(H,19,23)/t15-/m1/s1. The third kappa shape index (κ3) is 3.22. The number of para-hydroxylation sites is 1. The van der Waals surface area contributed by atoms with Gasteiger partial charge in [0.05, 0.1) is 28.8 Å². The largest absolute Gasteiger partial charge is 0.331 e. The lowest BCUT2D eigenvalue weighted by Gasteiger charge is -2.21. The van der Waals surface area contributed by atoms with E-state index in [0.29, 0.717) is 23.7 Å². The zero-order chi connectivity index (χ0) is 16.4. The number of carbonyl (C=O) groups excluding carboxylic acids is 2. The maximum atomic E-state index is 12.4. The minimum absolute atomic E-state index is 0.0746. The Bertz CT molecular complexity index is 743. The lowest BCUT2D eigenvalue weighted by atomic mass is 10.2. The lowest BCUT2D eigenvalue weighted by Crippen LogP contribution is -2.42. The summed E-state index contributed by atoms with van der Waals surface area (Å²) >= 11 is 6.14. The van der Waals surface area contributed by atoms with Crippen LogP contribution in [0.15, 0.2) is 36.7 Å². The quantitative estimate of drug-likeness (QED) is 0.939. The fraction of sp³-hybridized carbons (Fsp3) is 0.312. The fourth-order valence-electron chi connectivity index (χ4n) is 2.80. The number of rotatable bonds is 3. The molecule has 3 rings (SSSR count). The Morgan fingerprint density at radius 3 is 2.87 bits per heavy atom. The van der Waals surface area contributed by atoms with Crippen LogP contribution in [-0.2, 0) is 9.59 Å². The number of hydrogen-bond donors (Lipinski definition) is 1. The van der Waals surface area contributed by atoms with Gasteiger partial charge in [0.25, 0.3) is 0 Å². The summed E-state index contributed by atoms with van der Waals surface area (Å²) in [6.07, 6.45) is 4.79. The van der Waals surface area contributed by atoms with Crippen LogP contribution in [0.1, 0.15) is 19.8 Å². The Balaban J connectivity index is 1.73. The van der Waals surface area contributed by atoms with Crippen molar-refractivity contribution in [3.8, 4) is 5.69 Å². The van der Waals surface area contributed by atoms with Crippen molar-refractivity contribution < 1.29 is 9.59 Å². The molecule has 0 spiro atoms. The molecular formula is C16H17ClN4O2. The van der Waals surface area contributed by atoms with Crippen LogP contribution in [-0.4, -0.2) is 39.1 Å². The Kier molecular flexibility index (Phi) is 4.34. The SMILES string of the molecule is CC(=O)N1CCC[C@@H]1C(=O)Nc1cnn(-c2ccccc2Cl)c1. The first-order valence-corrected chi connectivity index (χ1v) is 7.81. The molecule has 0 bridgehead atoms. The van der Waals surface area contributed by atoms with Crippen LogP contribution >= 0.6 is 11.6 Å². The van der Waals surface area contributed by atoms with Crippen LogP contribution in [0.3, 0.4) is 0 Å². The van der Waals surface area contributed by atoms with E-state index in [1.165, 1.54) is 6.92 Å². The summed E-state index contributed by atoms with van der Waals surface area (Å²) in [5, 5.41) is 7.61. The minimum atomic E-state index is -0.406. The van der Waals surface area contributed by atoms with E-state index in [1.807, 2.05) is 18.2 Å². The first-order chi connectivity index (χ1) is 11.1. The van der Waals surface area contributed by atoms with Crippen LogP contribution in [0.5, 0.6) is 0 Å². The Hall–Kier alpha value is -2.34. The number of carbonyl (C=O) groups is 2. The second kappa shape index (κ2) is 6.42. The normalized spacial score (nSPS) is 17.3. The third-order valence-corrected chi connectivity index (χ3v) is 4.23. The van der Waals surface area contributed by atoms with Crippen molar-refractivity contribution in [3.05, 3.63) is 41.7 Å². The van der Waals surface area contributed by atoms with Crippen LogP contribution in [0.2, 0.25) is 5.02 Å². The summed E-state index contributed by atoms with van der Waals surface area (Å²) < 4.78 is 1.61. The first-order valence-electron chi connectivity index (χ1n) is 7.44. The molecule has 1 saturated heterocycles. The molecule has 120 valence electrons. The van der Waals surface area contributed by atoms with Gasteiger partial charge in [-0.15, -0.1) is 0 Å². The monoisotopic (exact) mass is 332 g/mol. The van der Waals surface area contributed by atoms with Gasteiger partial charge in [0.2, 0.25) is 11.8 Å². The molecule has 6 nitrogen and oxygen atoms in total. The molecule has 23 heavy (non-hydrogen) atoms. The summed E-state index contributed by atoms with van der Waals surface area (Å²) in [6.45, 7) is 2.12. The summed E-state index contributed by atoms with van der Waals surface area (Å²) in [6, 6.07) is 6.92. The number of aromatic nitrogens is 2. The Morgan fingerprint density at radius 1 is 1.35 bits per heavy atom. The molecule has 0 saturated carbocycles. The topological polar surface area (TPSA) is 67.2 Å². The number of amides is 2. The number of benzene rings is 1. The predicted molar refractivity (Wildman–Crippen MR) is 87.6 cm³/mol. The predicted octanol–water partition coefficient (Wildman–Crippen LogP) is 2.48. The molecule has 2 amide bonds. The molecular weight excluding hydrogens is 316 g/mol. The van der Waals surface area contributed by atoms with Crippen LogP contribution in [0.4, 0.5) is 5.69 Å². The molecule has 7 heteroatoms. The highest BCUT2D eigenvalue weighted by molar-refractivity contribution is 6.32. The highest BCUT2D eigenvalue weighted by Gasteiger charge is 2.32. The number of nitrogens with zero attached hydrogens (tertiary/aromatic N) is 3. The van der Waals surface area contributed by atoms with E-state index in [1.54, 1.807) is 28.0 Å². The van der Waals surface area contributed by atoms with Gasteiger partial charge in [-0.1, -0.05) is 23.7 Å². The fourth-order valence-corrected chi connectivity index (χ4v) is 3.02. The smallest absolute Gasteiger partial charge is 0.247 e. The van der Waals surface area contributed by atoms with Gasteiger partial charge in [-0.05, 0) is 25.0 Å². The van der Waals surface area contributed by atoms with Gasteiger partial charge in [0, 0.05) is 13.5 Å². The third-order valence-electron chi connectivity index (χ3n) is 3.91. The van der Waals surface area contributed by atoms with Crippen molar-refractivity contribution >= 4 is 29.1 Å².